The van der Waals surface area contributed by atoms with Gasteiger partial charge in [-0.05, 0) is 34.6 Å². The fourth-order valence-electron chi connectivity index (χ4n) is 2.02. The Balaban J connectivity index is 0.00000361. The van der Waals surface area contributed by atoms with E-state index in [1.807, 2.05) is 13.8 Å². The number of carbonyl (C=O) groups excluding carboxylic acids is 1. The van der Waals surface area contributed by atoms with Crippen molar-refractivity contribution in [3.05, 3.63) is 0 Å². The fraction of sp³-hybridized carbons (Fsp3) is 0.846. The van der Waals surface area contributed by atoms with Gasteiger partial charge in [-0.25, -0.2) is 9.59 Å². The van der Waals surface area contributed by atoms with Crippen LogP contribution in [0.2, 0.25) is 0 Å². The Bertz CT molecular complexity index is 355. The second-order valence-electron chi connectivity index (χ2n) is 6.12. The van der Waals surface area contributed by atoms with Crippen LogP contribution >= 0.6 is 12.4 Å². The van der Waals surface area contributed by atoms with Gasteiger partial charge in [0.05, 0.1) is 0 Å². The number of carboxylic acids is 1. The highest BCUT2D eigenvalue weighted by atomic mass is 35.5. The Hall–Kier alpha value is -1.01. The van der Waals surface area contributed by atoms with Crippen LogP contribution in [0, 0.1) is 0 Å². The smallest absolute Gasteiger partial charge is 0.411 e. The molecule has 1 fully saturated rings. The van der Waals surface area contributed by atoms with E-state index in [9.17, 15) is 14.7 Å². The van der Waals surface area contributed by atoms with E-state index in [0.717, 1.165) is 0 Å². The van der Waals surface area contributed by atoms with Crippen molar-refractivity contribution in [1.82, 2.24) is 9.80 Å². The highest BCUT2D eigenvalue weighted by molar-refractivity contribution is 5.85. The highest BCUT2D eigenvalue weighted by Crippen LogP contribution is 2.17. The molecular weight excluding hydrogens is 284 g/mol. The van der Waals surface area contributed by atoms with E-state index in [0.29, 0.717) is 19.6 Å². The van der Waals surface area contributed by atoms with Gasteiger partial charge in [0.1, 0.15) is 11.6 Å². The second-order valence-corrected chi connectivity index (χ2v) is 6.12. The summed E-state index contributed by atoms with van der Waals surface area (Å²) in [6.07, 6.45) is -0.552. The normalized spacial score (nSPS) is 20.5. The SMILES string of the molecule is CC(C)N1CCN(C(=O)OC(C)(C)C)C(C(=O)O)C1.Cl. The molecule has 6 nitrogen and oxygen atoms in total. The third-order valence-electron chi connectivity index (χ3n) is 3.06. The number of rotatable bonds is 2. The van der Waals surface area contributed by atoms with Crippen LogP contribution in [-0.2, 0) is 9.53 Å². The molecule has 1 aliphatic heterocycles. The molecular formula is C13H25ClN2O4. The van der Waals surface area contributed by atoms with E-state index in [1.165, 1.54) is 4.90 Å². The average Bonchev–Trinajstić information content (AvgIpc) is 2.25. The Labute approximate surface area is 126 Å². The van der Waals surface area contributed by atoms with E-state index in [-0.39, 0.29) is 18.4 Å². The van der Waals surface area contributed by atoms with Gasteiger partial charge in [-0.15, -0.1) is 12.4 Å². The molecule has 1 aliphatic rings. The van der Waals surface area contributed by atoms with Crippen molar-refractivity contribution in [2.45, 2.75) is 52.3 Å². The van der Waals surface area contributed by atoms with Gasteiger partial charge in [-0.2, -0.15) is 0 Å². The molecule has 0 aromatic carbocycles. The summed E-state index contributed by atoms with van der Waals surface area (Å²) in [6.45, 7) is 10.7. The summed E-state index contributed by atoms with van der Waals surface area (Å²) in [7, 11) is 0. The van der Waals surface area contributed by atoms with Gasteiger partial charge in [-0.3, -0.25) is 9.80 Å². The lowest BCUT2D eigenvalue weighted by atomic mass is 10.1. The Kier molecular flexibility index (Phi) is 6.77. The van der Waals surface area contributed by atoms with Gasteiger partial charge in [0.2, 0.25) is 0 Å². The number of hydrogen-bond donors (Lipinski definition) is 1. The predicted molar refractivity (Wildman–Crippen MR) is 78.3 cm³/mol. The van der Waals surface area contributed by atoms with Crippen LogP contribution < -0.4 is 0 Å². The van der Waals surface area contributed by atoms with Crippen molar-refractivity contribution >= 4 is 24.5 Å². The first kappa shape index (κ1) is 19.0. The molecule has 1 heterocycles. The molecule has 0 aromatic rings. The van der Waals surface area contributed by atoms with Crippen LogP contribution in [0.1, 0.15) is 34.6 Å². The number of piperazine rings is 1. The standard InChI is InChI=1S/C13H24N2O4.ClH/c1-9(2)14-6-7-15(10(8-14)11(16)17)12(18)19-13(3,4)5;/h9-10H,6-8H2,1-5H3,(H,16,17);1H. The minimum absolute atomic E-state index is 0. The summed E-state index contributed by atoms with van der Waals surface area (Å²) in [5.41, 5.74) is -0.616. The van der Waals surface area contributed by atoms with E-state index in [2.05, 4.69) is 4.90 Å². The number of nitrogens with zero attached hydrogens (tertiary/aromatic N) is 2. The Morgan fingerprint density at radius 3 is 2.20 bits per heavy atom. The number of carbonyl (C=O) groups is 2. The van der Waals surface area contributed by atoms with Gasteiger partial charge in [0.25, 0.3) is 0 Å². The summed E-state index contributed by atoms with van der Waals surface area (Å²) in [4.78, 5) is 26.7. The van der Waals surface area contributed by atoms with Crippen molar-refractivity contribution in [3.8, 4) is 0 Å². The molecule has 1 amide bonds. The third-order valence-corrected chi connectivity index (χ3v) is 3.06. The zero-order valence-corrected chi connectivity index (χ0v) is 13.6. The molecule has 1 N–H and O–H groups in total. The maximum Gasteiger partial charge on any atom is 0.411 e. The number of carboxylic acid groups (broad SMARTS) is 1. The van der Waals surface area contributed by atoms with Crippen LogP contribution in [-0.4, -0.2) is 64.3 Å². The summed E-state index contributed by atoms with van der Waals surface area (Å²) in [5, 5.41) is 9.28. The largest absolute Gasteiger partial charge is 0.480 e. The molecule has 0 spiro atoms. The molecule has 0 bridgehead atoms. The summed E-state index contributed by atoms with van der Waals surface area (Å²) in [5.74, 6) is -0.990. The lowest BCUT2D eigenvalue weighted by Gasteiger charge is -2.41. The minimum atomic E-state index is -0.990. The average molecular weight is 309 g/mol. The first-order valence-corrected chi connectivity index (χ1v) is 6.58. The van der Waals surface area contributed by atoms with Crippen molar-refractivity contribution in [1.29, 1.82) is 0 Å². The first-order valence-electron chi connectivity index (χ1n) is 6.58. The fourth-order valence-corrected chi connectivity index (χ4v) is 2.02. The van der Waals surface area contributed by atoms with Crippen molar-refractivity contribution < 1.29 is 19.4 Å². The van der Waals surface area contributed by atoms with E-state index >= 15 is 0 Å². The van der Waals surface area contributed by atoms with Gasteiger partial charge >= 0.3 is 12.1 Å². The molecule has 20 heavy (non-hydrogen) atoms. The monoisotopic (exact) mass is 308 g/mol. The number of hydrogen-bond acceptors (Lipinski definition) is 4. The topological polar surface area (TPSA) is 70.1 Å². The zero-order valence-electron chi connectivity index (χ0n) is 12.8. The van der Waals surface area contributed by atoms with Crippen LogP contribution in [0.5, 0.6) is 0 Å². The summed E-state index contributed by atoms with van der Waals surface area (Å²) < 4.78 is 5.26. The third kappa shape index (κ3) is 5.17. The number of ether oxygens (including phenoxy) is 1. The summed E-state index contributed by atoms with van der Waals surface area (Å²) >= 11 is 0. The molecule has 0 saturated carbocycles. The van der Waals surface area contributed by atoms with Gasteiger partial charge < -0.3 is 9.84 Å². The zero-order chi connectivity index (χ0) is 14.8. The molecule has 1 saturated heterocycles. The van der Waals surface area contributed by atoms with Crippen LogP contribution in [0.3, 0.4) is 0 Å². The van der Waals surface area contributed by atoms with Crippen LogP contribution in [0.15, 0.2) is 0 Å². The minimum Gasteiger partial charge on any atom is -0.480 e. The first-order chi connectivity index (χ1) is 8.61. The van der Waals surface area contributed by atoms with Gasteiger partial charge in [0.15, 0.2) is 0 Å². The number of aliphatic carboxylic acids is 1. The molecule has 0 radical (unpaired) electrons. The summed E-state index contributed by atoms with van der Waals surface area (Å²) in [6, 6.07) is -0.575. The Morgan fingerprint density at radius 2 is 1.80 bits per heavy atom. The van der Waals surface area contributed by atoms with Gasteiger partial charge in [0, 0.05) is 25.7 Å². The molecule has 1 rings (SSSR count). The van der Waals surface area contributed by atoms with E-state index < -0.39 is 23.7 Å². The van der Waals surface area contributed by atoms with Crippen molar-refractivity contribution in [3.63, 3.8) is 0 Å². The Morgan fingerprint density at radius 1 is 1.25 bits per heavy atom. The highest BCUT2D eigenvalue weighted by Gasteiger charge is 2.37. The maximum atomic E-state index is 12.0. The second kappa shape index (κ2) is 7.13. The lowest BCUT2D eigenvalue weighted by Crippen LogP contribution is -2.60. The molecule has 0 aliphatic carbocycles. The van der Waals surface area contributed by atoms with E-state index in [4.69, 9.17) is 4.74 Å². The van der Waals surface area contributed by atoms with E-state index in [1.54, 1.807) is 20.8 Å². The molecule has 118 valence electrons. The number of halogens is 1. The van der Waals surface area contributed by atoms with Crippen LogP contribution in [0.4, 0.5) is 4.79 Å². The van der Waals surface area contributed by atoms with Crippen LogP contribution in [0.25, 0.3) is 0 Å². The van der Waals surface area contributed by atoms with Crippen molar-refractivity contribution in [2.24, 2.45) is 0 Å². The molecule has 1 unspecified atom stereocenters. The predicted octanol–water partition coefficient (Wildman–Crippen LogP) is 1.82. The van der Waals surface area contributed by atoms with Crippen molar-refractivity contribution in [2.75, 3.05) is 19.6 Å². The number of amides is 1. The molecule has 0 aromatic heterocycles. The quantitative estimate of drug-likeness (QED) is 0.842. The maximum absolute atomic E-state index is 12.0. The molecule has 1 atom stereocenters. The lowest BCUT2D eigenvalue weighted by molar-refractivity contribution is -0.145. The van der Waals surface area contributed by atoms with Gasteiger partial charge in [-0.1, -0.05) is 0 Å². The molecule has 7 heteroatoms.